The molecule has 1 fully saturated rings. The van der Waals surface area contributed by atoms with Crippen LogP contribution in [0.4, 0.5) is 0 Å². The van der Waals surface area contributed by atoms with Crippen LogP contribution in [0.2, 0.25) is 0 Å². The Morgan fingerprint density at radius 3 is 2.82 bits per heavy atom. The van der Waals surface area contributed by atoms with E-state index in [9.17, 15) is 4.79 Å². The normalized spacial score (nSPS) is 16.4. The molecule has 0 aliphatic heterocycles. The molecule has 0 unspecified atom stereocenters. The van der Waals surface area contributed by atoms with Crippen LogP contribution in [0.25, 0.3) is 0 Å². The zero-order valence-electron chi connectivity index (χ0n) is 9.43. The van der Waals surface area contributed by atoms with Gasteiger partial charge >= 0.3 is 0 Å². The molecule has 92 valence electrons. The summed E-state index contributed by atoms with van der Waals surface area (Å²) in [7, 11) is 1.55. The third kappa shape index (κ3) is 2.75. The van der Waals surface area contributed by atoms with Gasteiger partial charge in [-0.3, -0.25) is 4.79 Å². The molecule has 1 N–H and O–H groups in total. The van der Waals surface area contributed by atoms with Crippen LogP contribution in [-0.2, 0) is 0 Å². The summed E-state index contributed by atoms with van der Waals surface area (Å²) < 4.78 is 6.07. The summed E-state index contributed by atoms with van der Waals surface area (Å²) in [5, 5.41) is 2.96. The van der Waals surface area contributed by atoms with Crippen molar-refractivity contribution in [2.45, 2.75) is 18.4 Å². The van der Waals surface area contributed by atoms with E-state index in [0.717, 1.165) is 17.3 Å². The maximum atomic E-state index is 12.1. The molecule has 0 saturated heterocycles. The minimum Gasteiger partial charge on any atom is -0.496 e. The number of halogens is 2. The highest BCUT2D eigenvalue weighted by atomic mass is 79.9. The Kier molecular flexibility index (Phi) is 3.64. The molecule has 0 heterocycles. The van der Waals surface area contributed by atoms with Gasteiger partial charge in [-0.05, 0) is 31.0 Å². The number of hydrogen-bond donors (Lipinski definition) is 1. The fourth-order valence-electron chi connectivity index (χ4n) is 1.60. The Morgan fingerprint density at radius 2 is 2.29 bits per heavy atom. The molecule has 0 aromatic heterocycles. The van der Waals surface area contributed by atoms with Crippen molar-refractivity contribution in [2.75, 3.05) is 13.0 Å². The molecule has 0 spiro atoms. The Bertz CT molecular complexity index is 446. The zero-order valence-corrected chi connectivity index (χ0v) is 11.8. The van der Waals surface area contributed by atoms with Crippen LogP contribution in [0.3, 0.4) is 0 Å². The first-order valence-electron chi connectivity index (χ1n) is 5.32. The van der Waals surface area contributed by atoms with Gasteiger partial charge < -0.3 is 10.1 Å². The number of ether oxygens (including phenoxy) is 1. The molecule has 1 saturated carbocycles. The van der Waals surface area contributed by atoms with Gasteiger partial charge in [-0.25, -0.2) is 0 Å². The Morgan fingerprint density at radius 1 is 1.59 bits per heavy atom. The van der Waals surface area contributed by atoms with Crippen LogP contribution in [-0.4, -0.2) is 24.4 Å². The summed E-state index contributed by atoms with van der Waals surface area (Å²) in [5.41, 5.74) is 0.337. The Labute approximate surface area is 114 Å². The molecule has 0 atom stereocenters. The summed E-state index contributed by atoms with van der Waals surface area (Å²) in [6, 6.07) is 5.33. The lowest BCUT2D eigenvalue weighted by molar-refractivity contribution is 0.0933. The van der Waals surface area contributed by atoms with Crippen LogP contribution in [0, 0.1) is 0 Å². The van der Waals surface area contributed by atoms with Gasteiger partial charge in [-0.2, -0.15) is 0 Å². The number of nitrogens with one attached hydrogen (secondary N) is 1. The lowest BCUT2D eigenvalue weighted by atomic mass is 10.1. The first-order chi connectivity index (χ1) is 8.10. The van der Waals surface area contributed by atoms with E-state index < -0.39 is 0 Å². The van der Waals surface area contributed by atoms with Crippen molar-refractivity contribution in [1.82, 2.24) is 5.32 Å². The second kappa shape index (κ2) is 4.86. The summed E-state index contributed by atoms with van der Waals surface area (Å²) in [5.74, 6) is 0.882. The largest absolute Gasteiger partial charge is 0.496 e. The first kappa shape index (κ1) is 12.7. The van der Waals surface area contributed by atoms with Crippen molar-refractivity contribution >= 4 is 33.4 Å². The van der Waals surface area contributed by atoms with E-state index in [1.807, 2.05) is 6.07 Å². The summed E-state index contributed by atoms with van der Waals surface area (Å²) in [4.78, 5) is 12.1. The minimum atomic E-state index is -0.198. The van der Waals surface area contributed by atoms with Gasteiger partial charge in [0, 0.05) is 10.4 Å². The number of benzene rings is 1. The van der Waals surface area contributed by atoms with Crippen molar-refractivity contribution in [3.05, 3.63) is 28.2 Å². The minimum absolute atomic E-state index is 0.132. The molecule has 1 aliphatic rings. The number of carbonyl (C=O) groups excluding carboxylic acids is 1. The quantitative estimate of drug-likeness (QED) is 0.867. The van der Waals surface area contributed by atoms with Crippen molar-refractivity contribution in [3.63, 3.8) is 0 Å². The number of carbonyl (C=O) groups is 1. The third-order valence-electron chi connectivity index (χ3n) is 2.90. The van der Waals surface area contributed by atoms with Gasteiger partial charge in [0.05, 0.1) is 18.2 Å². The predicted molar refractivity (Wildman–Crippen MR) is 70.8 cm³/mol. The Hall–Kier alpha value is -0.740. The molecule has 1 aromatic carbocycles. The molecule has 1 aromatic rings. The second-order valence-electron chi connectivity index (χ2n) is 4.21. The van der Waals surface area contributed by atoms with Crippen molar-refractivity contribution in [3.8, 4) is 5.75 Å². The van der Waals surface area contributed by atoms with E-state index >= 15 is 0 Å². The summed E-state index contributed by atoms with van der Waals surface area (Å²) in [6.07, 6.45) is 1.89. The molecule has 3 nitrogen and oxygen atoms in total. The molecule has 2 rings (SSSR count). The van der Waals surface area contributed by atoms with E-state index in [0.29, 0.717) is 17.2 Å². The lowest BCUT2D eigenvalue weighted by Crippen LogP contribution is -2.38. The standard InChI is InChI=1S/C12H13BrClNO2/c1-17-10-6-8(13)2-3-9(10)11(16)15-12(7-14)4-5-12/h2-3,6H,4-5,7H2,1H3,(H,15,16). The number of methoxy groups -OCH3 is 1. The smallest absolute Gasteiger partial charge is 0.255 e. The average molecular weight is 319 g/mol. The van der Waals surface area contributed by atoms with Crippen LogP contribution >= 0.6 is 27.5 Å². The third-order valence-corrected chi connectivity index (χ3v) is 3.90. The maximum Gasteiger partial charge on any atom is 0.255 e. The highest BCUT2D eigenvalue weighted by Gasteiger charge is 2.43. The molecular weight excluding hydrogens is 305 g/mol. The van der Waals surface area contributed by atoms with E-state index in [1.54, 1.807) is 19.2 Å². The number of alkyl halides is 1. The Balaban J connectivity index is 2.19. The van der Waals surface area contributed by atoms with E-state index in [4.69, 9.17) is 16.3 Å². The predicted octanol–water partition coefficient (Wildman–Crippen LogP) is 2.96. The molecule has 0 radical (unpaired) electrons. The van der Waals surface area contributed by atoms with Crippen LogP contribution in [0.15, 0.2) is 22.7 Å². The molecule has 0 bridgehead atoms. The highest BCUT2D eigenvalue weighted by Crippen LogP contribution is 2.37. The SMILES string of the molecule is COc1cc(Br)ccc1C(=O)NC1(CCl)CC1. The molecule has 5 heteroatoms. The monoisotopic (exact) mass is 317 g/mol. The van der Waals surface area contributed by atoms with Crippen molar-refractivity contribution in [1.29, 1.82) is 0 Å². The van der Waals surface area contributed by atoms with Crippen LogP contribution in [0.1, 0.15) is 23.2 Å². The molecule has 1 aliphatic carbocycles. The van der Waals surface area contributed by atoms with Gasteiger partial charge in [-0.15, -0.1) is 11.6 Å². The molecular formula is C12H13BrClNO2. The topological polar surface area (TPSA) is 38.3 Å². The second-order valence-corrected chi connectivity index (χ2v) is 5.40. The van der Waals surface area contributed by atoms with Crippen LogP contribution in [0.5, 0.6) is 5.75 Å². The number of amides is 1. The van der Waals surface area contributed by atoms with Gasteiger partial charge in [0.1, 0.15) is 5.75 Å². The van der Waals surface area contributed by atoms with E-state index in [1.165, 1.54) is 0 Å². The first-order valence-corrected chi connectivity index (χ1v) is 6.65. The van der Waals surface area contributed by atoms with Crippen molar-refractivity contribution in [2.24, 2.45) is 0 Å². The van der Waals surface area contributed by atoms with Gasteiger partial charge in [0.2, 0.25) is 0 Å². The summed E-state index contributed by atoms with van der Waals surface area (Å²) >= 11 is 9.17. The number of hydrogen-bond acceptors (Lipinski definition) is 2. The molecule has 17 heavy (non-hydrogen) atoms. The van der Waals surface area contributed by atoms with E-state index in [2.05, 4.69) is 21.2 Å². The molecule has 1 amide bonds. The fourth-order valence-corrected chi connectivity index (χ4v) is 2.28. The van der Waals surface area contributed by atoms with Crippen molar-refractivity contribution < 1.29 is 9.53 Å². The van der Waals surface area contributed by atoms with E-state index in [-0.39, 0.29) is 11.4 Å². The van der Waals surface area contributed by atoms with Gasteiger partial charge in [-0.1, -0.05) is 15.9 Å². The zero-order chi connectivity index (χ0) is 12.5. The van der Waals surface area contributed by atoms with Gasteiger partial charge in [0.15, 0.2) is 0 Å². The van der Waals surface area contributed by atoms with Gasteiger partial charge in [0.25, 0.3) is 5.91 Å². The highest BCUT2D eigenvalue weighted by molar-refractivity contribution is 9.10. The fraction of sp³-hybridized carbons (Fsp3) is 0.417. The average Bonchev–Trinajstić information content (AvgIpc) is 3.09. The lowest BCUT2D eigenvalue weighted by Gasteiger charge is -2.15. The maximum absolute atomic E-state index is 12.1. The van der Waals surface area contributed by atoms with Crippen LogP contribution < -0.4 is 10.1 Å². The number of rotatable bonds is 4. The summed E-state index contributed by atoms with van der Waals surface area (Å²) in [6.45, 7) is 0.